The van der Waals surface area contributed by atoms with Gasteiger partial charge in [0.25, 0.3) is 5.91 Å². The maximum absolute atomic E-state index is 12.2. The zero-order valence-electron chi connectivity index (χ0n) is 14.7. The highest BCUT2D eigenvalue weighted by Crippen LogP contribution is 2.29. The van der Waals surface area contributed by atoms with Crippen LogP contribution in [0.4, 0.5) is 0 Å². The molecule has 0 bridgehead atoms. The van der Waals surface area contributed by atoms with Crippen molar-refractivity contribution in [3.8, 4) is 0 Å². The summed E-state index contributed by atoms with van der Waals surface area (Å²) in [6, 6.07) is 9.02. The Morgan fingerprint density at radius 2 is 1.92 bits per heavy atom. The van der Waals surface area contributed by atoms with Crippen LogP contribution in [0.5, 0.6) is 0 Å². The SMILES string of the molecule is C[C@@H](NC(=O)COC(=O)c1cc2c(s1)CCCCC2)c1ccc(Cl)cc1. The fourth-order valence-electron chi connectivity index (χ4n) is 3.09. The number of ether oxygens (including phenoxy) is 1. The van der Waals surface area contributed by atoms with Gasteiger partial charge in [-0.3, -0.25) is 4.79 Å². The molecular formula is C20H22ClNO3S. The molecule has 1 N–H and O–H groups in total. The molecule has 0 saturated carbocycles. The Kier molecular flexibility index (Phi) is 6.33. The highest BCUT2D eigenvalue weighted by atomic mass is 35.5. The van der Waals surface area contributed by atoms with Crippen LogP contribution in [-0.4, -0.2) is 18.5 Å². The number of nitrogens with one attached hydrogen (secondary N) is 1. The van der Waals surface area contributed by atoms with Crippen LogP contribution >= 0.6 is 22.9 Å². The second kappa shape index (κ2) is 8.69. The number of hydrogen-bond donors (Lipinski definition) is 1. The lowest BCUT2D eigenvalue weighted by Crippen LogP contribution is -2.31. The molecule has 1 aromatic carbocycles. The molecule has 0 fully saturated rings. The summed E-state index contributed by atoms with van der Waals surface area (Å²) in [5.41, 5.74) is 2.20. The first-order valence-electron chi connectivity index (χ1n) is 8.86. The molecule has 0 aliphatic heterocycles. The van der Waals surface area contributed by atoms with E-state index < -0.39 is 5.97 Å². The molecule has 3 rings (SSSR count). The average Bonchev–Trinajstić information content (AvgIpc) is 2.91. The van der Waals surface area contributed by atoms with Gasteiger partial charge in [-0.05, 0) is 61.9 Å². The van der Waals surface area contributed by atoms with E-state index in [0.717, 1.165) is 18.4 Å². The molecule has 0 spiro atoms. The second-order valence-corrected chi connectivity index (χ2v) is 8.11. The molecule has 1 aliphatic rings. The van der Waals surface area contributed by atoms with Gasteiger partial charge >= 0.3 is 5.97 Å². The van der Waals surface area contributed by atoms with E-state index in [1.807, 2.05) is 25.1 Å². The molecule has 1 aromatic heterocycles. The van der Waals surface area contributed by atoms with Crippen molar-refractivity contribution in [2.75, 3.05) is 6.61 Å². The third-order valence-electron chi connectivity index (χ3n) is 4.53. The zero-order valence-corrected chi connectivity index (χ0v) is 16.3. The predicted octanol–water partition coefficient (Wildman–Crippen LogP) is 4.70. The van der Waals surface area contributed by atoms with Crippen LogP contribution < -0.4 is 5.32 Å². The molecule has 1 atom stereocenters. The van der Waals surface area contributed by atoms with Crippen LogP contribution in [0.1, 0.15) is 57.9 Å². The Balaban J connectivity index is 1.51. The first-order chi connectivity index (χ1) is 12.5. The number of rotatable bonds is 5. The molecule has 2 aromatic rings. The Morgan fingerprint density at radius 1 is 1.19 bits per heavy atom. The van der Waals surface area contributed by atoms with Gasteiger partial charge in [0.2, 0.25) is 0 Å². The smallest absolute Gasteiger partial charge is 0.348 e. The first-order valence-corrected chi connectivity index (χ1v) is 10.1. The number of benzene rings is 1. The summed E-state index contributed by atoms with van der Waals surface area (Å²) in [5.74, 6) is -0.740. The van der Waals surface area contributed by atoms with E-state index in [0.29, 0.717) is 9.90 Å². The number of esters is 1. The van der Waals surface area contributed by atoms with E-state index in [1.54, 1.807) is 12.1 Å². The van der Waals surface area contributed by atoms with Crippen LogP contribution in [0.25, 0.3) is 0 Å². The number of hydrogen-bond acceptors (Lipinski definition) is 4. The number of aryl methyl sites for hydroxylation is 2. The summed E-state index contributed by atoms with van der Waals surface area (Å²) < 4.78 is 5.19. The summed E-state index contributed by atoms with van der Waals surface area (Å²) in [6.07, 6.45) is 5.65. The Bertz CT molecular complexity index is 761. The maximum Gasteiger partial charge on any atom is 0.348 e. The third kappa shape index (κ3) is 4.86. The molecule has 4 nitrogen and oxygen atoms in total. The van der Waals surface area contributed by atoms with Crippen LogP contribution in [0, 0.1) is 0 Å². The van der Waals surface area contributed by atoms with E-state index in [9.17, 15) is 9.59 Å². The number of halogens is 1. The molecule has 138 valence electrons. The third-order valence-corrected chi connectivity index (χ3v) is 6.00. The summed E-state index contributed by atoms with van der Waals surface area (Å²) in [4.78, 5) is 26.2. The van der Waals surface area contributed by atoms with E-state index in [2.05, 4.69) is 5.32 Å². The van der Waals surface area contributed by atoms with E-state index in [-0.39, 0.29) is 18.6 Å². The lowest BCUT2D eigenvalue weighted by Gasteiger charge is -2.14. The van der Waals surface area contributed by atoms with Gasteiger partial charge in [-0.25, -0.2) is 4.79 Å². The molecule has 26 heavy (non-hydrogen) atoms. The topological polar surface area (TPSA) is 55.4 Å². The van der Waals surface area contributed by atoms with Gasteiger partial charge in [0.05, 0.1) is 6.04 Å². The number of fused-ring (bicyclic) bond motifs is 1. The lowest BCUT2D eigenvalue weighted by molar-refractivity contribution is -0.124. The molecule has 0 radical (unpaired) electrons. The molecule has 6 heteroatoms. The van der Waals surface area contributed by atoms with E-state index >= 15 is 0 Å². The fraction of sp³-hybridized carbons (Fsp3) is 0.400. The first kappa shape index (κ1) is 18.9. The van der Waals surface area contributed by atoms with Crippen LogP contribution in [0.2, 0.25) is 5.02 Å². The standard InChI is InChI=1S/C20H22ClNO3S/c1-13(14-7-9-16(21)10-8-14)22-19(23)12-25-20(24)18-11-15-5-3-2-4-6-17(15)26-18/h7-11,13H,2-6,12H2,1H3,(H,22,23)/t13-/m1/s1. The highest BCUT2D eigenvalue weighted by molar-refractivity contribution is 7.14. The summed E-state index contributed by atoms with van der Waals surface area (Å²) >= 11 is 7.37. The Hall–Kier alpha value is -1.85. The van der Waals surface area contributed by atoms with Crippen molar-refractivity contribution in [1.82, 2.24) is 5.32 Å². The van der Waals surface area contributed by atoms with Gasteiger partial charge in [-0.15, -0.1) is 11.3 Å². The molecular weight excluding hydrogens is 370 g/mol. The molecule has 0 unspecified atom stereocenters. The minimum atomic E-state index is -0.419. The van der Waals surface area contributed by atoms with E-state index in [1.165, 1.54) is 41.0 Å². The summed E-state index contributed by atoms with van der Waals surface area (Å²) in [7, 11) is 0. The fourth-order valence-corrected chi connectivity index (χ4v) is 4.36. The van der Waals surface area contributed by atoms with Crippen LogP contribution in [0.15, 0.2) is 30.3 Å². The number of amides is 1. The zero-order chi connectivity index (χ0) is 18.5. The van der Waals surface area contributed by atoms with Gasteiger partial charge in [0, 0.05) is 9.90 Å². The van der Waals surface area contributed by atoms with Crippen LogP contribution in [0.3, 0.4) is 0 Å². The number of carbonyl (C=O) groups is 2. The van der Waals surface area contributed by atoms with Crippen LogP contribution in [-0.2, 0) is 22.4 Å². The van der Waals surface area contributed by atoms with Crippen molar-refractivity contribution in [2.24, 2.45) is 0 Å². The second-order valence-electron chi connectivity index (χ2n) is 6.54. The molecule has 1 amide bonds. The highest BCUT2D eigenvalue weighted by Gasteiger charge is 2.18. The summed E-state index contributed by atoms with van der Waals surface area (Å²) in [6.45, 7) is 1.60. The Labute approximate surface area is 162 Å². The predicted molar refractivity (Wildman–Crippen MR) is 104 cm³/mol. The quantitative estimate of drug-likeness (QED) is 0.593. The minimum absolute atomic E-state index is 0.184. The average molecular weight is 392 g/mol. The minimum Gasteiger partial charge on any atom is -0.451 e. The van der Waals surface area contributed by atoms with Gasteiger partial charge in [0.1, 0.15) is 4.88 Å². The van der Waals surface area contributed by atoms with Crippen molar-refractivity contribution in [2.45, 2.75) is 45.1 Å². The number of thiophene rings is 1. The molecule has 0 saturated heterocycles. The largest absolute Gasteiger partial charge is 0.451 e. The Morgan fingerprint density at radius 3 is 2.69 bits per heavy atom. The van der Waals surface area contributed by atoms with Crippen molar-refractivity contribution in [3.63, 3.8) is 0 Å². The monoisotopic (exact) mass is 391 g/mol. The van der Waals surface area contributed by atoms with Gasteiger partial charge in [-0.2, -0.15) is 0 Å². The van der Waals surface area contributed by atoms with Gasteiger partial charge in [0.15, 0.2) is 6.61 Å². The lowest BCUT2D eigenvalue weighted by atomic mass is 10.1. The van der Waals surface area contributed by atoms with Gasteiger partial charge in [-0.1, -0.05) is 30.2 Å². The molecule has 1 aliphatic carbocycles. The van der Waals surface area contributed by atoms with Crippen molar-refractivity contribution >= 4 is 34.8 Å². The van der Waals surface area contributed by atoms with Crippen molar-refractivity contribution < 1.29 is 14.3 Å². The van der Waals surface area contributed by atoms with Crippen molar-refractivity contribution in [1.29, 1.82) is 0 Å². The maximum atomic E-state index is 12.2. The van der Waals surface area contributed by atoms with Gasteiger partial charge < -0.3 is 10.1 Å². The van der Waals surface area contributed by atoms with Crippen molar-refractivity contribution in [3.05, 3.63) is 56.2 Å². The molecule has 1 heterocycles. The normalized spacial score (nSPS) is 14.8. The van der Waals surface area contributed by atoms with E-state index in [4.69, 9.17) is 16.3 Å². The number of carbonyl (C=O) groups excluding carboxylic acids is 2. The summed E-state index contributed by atoms with van der Waals surface area (Å²) in [5, 5.41) is 3.47.